The second kappa shape index (κ2) is 10.9. The van der Waals surface area contributed by atoms with Gasteiger partial charge in [0.2, 0.25) is 0 Å². The van der Waals surface area contributed by atoms with Crippen molar-refractivity contribution in [2.24, 2.45) is 0 Å². The van der Waals surface area contributed by atoms with Crippen LogP contribution in [0, 0.1) is 0 Å². The summed E-state index contributed by atoms with van der Waals surface area (Å²) in [5, 5.41) is 5.97. The fourth-order valence-electron chi connectivity index (χ4n) is 3.88. The van der Waals surface area contributed by atoms with E-state index < -0.39 is 0 Å². The summed E-state index contributed by atoms with van der Waals surface area (Å²) in [6.45, 7) is 5.67. The van der Waals surface area contributed by atoms with Gasteiger partial charge in [0.15, 0.2) is 0 Å². The highest BCUT2D eigenvalue weighted by molar-refractivity contribution is 5.89. The normalized spacial score (nSPS) is 15.5. The third kappa shape index (κ3) is 6.50. The summed E-state index contributed by atoms with van der Waals surface area (Å²) in [7, 11) is 1.67. The van der Waals surface area contributed by atoms with Gasteiger partial charge >= 0.3 is 6.03 Å². The first-order valence-corrected chi connectivity index (χ1v) is 10.7. The molecule has 1 aliphatic heterocycles. The first-order chi connectivity index (χ1) is 14.2. The lowest BCUT2D eigenvalue weighted by atomic mass is 10.0. The average molecular weight is 396 g/mol. The van der Waals surface area contributed by atoms with Crippen LogP contribution in [0.3, 0.4) is 0 Å². The van der Waals surface area contributed by atoms with Crippen LogP contribution in [0.15, 0.2) is 48.5 Å². The number of para-hydroxylation sites is 1. The van der Waals surface area contributed by atoms with Crippen molar-refractivity contribution < 1.29 is 9.53 Å². The van der Waals surface area contributed by atoms with Crippen LogP contribution in [-0.4, -0.2) is 43.7 Å². The van der Waals surface area contributed by atoms with E-state index in [-0.39, 0.29) is 12.1 Å². The van der Waals surface area contributed by atoms with E-state index >= 15 is 0 Å². The largest absolute Gasteiger partial charge is 0.496 e. The zero-order valence-corrected chi connectivity index (χ0v) is 17.6. The maximum absolute atomic E-state index is 12.3. The van der Waals surface area contributed by atoms with Crippen LogP contribution >= 0.6 is 0 Å². The number of nitrogens with one attached hydrogen (secondary N) is 2. The van der Waals surface area contributed by atoms with Crippen LogP contribution in [0.1, 0.15) is 39.0 Å². The SMILES string of the molecule is COc1ccccc1-c1ccc(NC(=O)NC(C)CCCN2CCCCC2)cc1. The topological polar surface area (TPSA) is 53.6 Å². The Morgan fingerprint density at radius 2 is 1.79 bits per heavy atom. The van der Waals surface area contributed by atoms with E-state index in [1.807, 2.05) is 48.5 Å². The van der Waals surface area contributed by atoms with Gasteiger partial charge in [-0.05, 0) is 76.0 Å². The van der Waals surface area contributed by atoms with Crippen molar-refractivity contribution in [3.05, 3.63) is 48.5 Å². The van der Waals surface area contributed by atoms with Gasteiger partial charge in [-0.1, -0.05) is 36.8 Å². The molecular formula is C24H33N3O2. The molecule has 156 valence electrons. The number of hydrogen-bond acceptors (Lipinski definition) is 3. The zero-order valence-electron chi connectivity index (χ0n) is 17.6. The fraction of sp³-hybridized carbons (Fsp3) is 0.458. The Morgan fingerprint density at radius 3 is 2.52 bits per heavy atom. The number of nitrogens with zero attached hydrogens (tertiary/aromatic N) is 1. The predicted molar refractivity (Wildman–Crippen MR) is 120 cm³/mol. The van der Waals surface area contributed by atoms with Gasteiger partial charge in [-0.25, -0.2) is 4.79 Å². The summed E-state index contributed by atoms with van der Waals surface area (Å²) >= 11 is 0. The maximum Gasteiger partial charge on any atom is 0.319 e. The molecule has 2 aromatic rings. The predicted octanol–water partition coefficient (Wildman–Crippen LogP) is 5.14. The van der Waals surface area contributed by atoms with E-state index in [1.54, 1.807) is 7.11 Å². The standard InChI is InChI=1S/C24H33N3O2/c1-19(9-8-18-27-16-6-3-7-17-27)25-24(28)26-21-14-12-20(13-15-21)22-10-4-5-11-23(22)29-2/h4-5,10-15,19H,3,6-9,16-18H2,1-2H3,(H2,25,26,28). The van der Waals surface area contributed by atoms with E-state index in [9.17, 15) is 4.79 Å². The molecule has 0 bridgehead atoms. The number of carbonyl (C=O) groups is 1. The van der Waals surface area contributed by atoms with Crippen molar-refractivity contribution >= 4 is 11.7 Å². The lowest BCUT2D eigenvalue weighted by molar-refractivity contribution is 0.221. The highest BCUT2D eigenvalue weighted by Gasteiger charge is 2.12. The number of benzene rings is 2. The maximum atomic E-state index is 12.3. The lowest BCUT2D eigenvalue weighted by Crippen LogP contribution is -2.37. The van der Waals surface area contributed by atoms with Crippen LogP contribution in [0.2, 0.25) is 0 Å². The highest BCUT2D eigenvalue weighted by Crippen LogP contribution is 2.30. The minimum atomic E-state index is -0.152. The molecule has 2 aromatic carbocycles. The number of methoxy groups -OCH3 is 1. The molecule has 3 rings (SSSR count). The van der Waals surface area contributed by atoms with Gasteiger partial charge in [0, 0.05) is 17.3 Å². The number of likely N-dealkylation sites (tertiary alicyclic amines) is 1. The number of amides is 2. The molecule has 5 heteroatoms. The smallest absolute Gasteiger partial charge is 0.319 e. The van der Waals surface area contributed by atoms with Crippen molar-refractivity contribution in [2.75, 3.05) is 32.1 Å². The Labute approximate surface area is 174 Å². The van der Waals surface area contributed by atoms with Crippen LogP contribution < -0.4 is 15.4 Å². The molecule has 0 aromatic heterocycles. The molecule has 2 amide bonds. The van der Waals surface area contributed by atoms with Gasteiger partial charge in [0.05, 0.1) is 7.11 Å². The minimum Gasteiger partial charge on any atom is -0.496 e. The second-order valence-electron chi connectivity index (χ2n) is 7.82. The van der Waals surface area contributed by atoms with Crippen LogP contribution in [0.4, 0.5) is 10.5 Å². The number of hydrogen-bond donors (Lipinski definition) is 2. The summed E-state index contributed by atoms with van der Waals surface area (Å²) < 4.78 is 5.43. The summed E-state index contributed by atoms with van der Waals surface area (Å²) in [5.41, 5.74) is 2.87. The molecule has 0 aliphatic carbocycles. The molecule has 1 unspecified atom stereocenters. The Bertz CT molecular complexity index is 770. The van der Waals surface area contributed by atoms with Gasteiger partial charge in [0.25, 0.3) is 0 Å². The monoisotopic (exact) mass is 395 g/mol. The second-order valence-corrected chi connectivity index (χ2v) is 7.82. The lowest BCUT2D eigenvalue weighted by Gasteiger charge is -2.26. The molecule has 0 saturated carbocycles. The van der Waals surface area contributed by atoms with Crippen molar-refractivity contribution in [3.63, 3.8) is 0 Å². The minimum absolute atomic E-state index is 0.152. The van der Waals surface area contributed by atoms with Crippen molar-refractivity contribution in [3.8, 4) is 16.9 Å². The summed E-state index contributed by atoms with van der Waals surface area (Å²) in [5.74, 6) is 0.837. The van der Waals surface area contributed by atoms with Gasteiger partial charge in [-0.2, -0.15) is 0 Å². The zero-order chi connectivity index (χ0) is 20.5. The molecule has 29 heavy (non-hydrogen) atoms. The number of ether oxygens (including phenoxy) is 1. The van der Waals surface area contributed by atoms with Gasteiger partial charge in [0.1, 0.15) is 5.75 Å². The molecule has 1 aliphatic rings. The van der Waals surface area contributed by atoms with Crippen LogP contribution in [0.25, 0.3) is 11.1 Å². The van der Waals surface area contributed by atoms with E-state index in [4.69, 9.17) is 4.74 Å². The summed E-state index contributed by atoms with van der Waals surface area (Å²) in [6.07, 6.45) is 6.14. The van der Waals surface area contributed by atoms with Gasteiger partial charge in [-0.15, -0.1) is 0 Å². The number of piperidine rings is 1. The van der Waals surface area contributed by atoms with Gasteiger partial charge in [-0.3, -0.25) is 0 Å². The fourth-order valence-corrected chi connectivity index (χ4v) is 3.88. The van der Waals surface area contributed by atoms with Gasteiger partial charge < -0.3 is 20.3 Å². The molecule has 1 fully saturated rings. The molecule has 1 saturated heterocycles. The molecule has 5 nitrogen and oxygen atoms in total. The van der Waals surface area contributed by atoms with E-state index in [1.165, 1.54) is 32.4 Å². The summed E-state index contributed by atoms with van der Waals surface area (Å²) in [6, 6.07) is 15.8. The number of rotatable bonds is 8. The molecule has 2 N–H and O–H groups in total. The Hall–Kier alpha value is -2.53. The first-order valence-electron chi connectivity index (χ1n) is 10.7. The Kier molecular flexibility index (Phi) is 7.94. The van der Waals surface area contributed by atoms with E-state index in [0.717, 1.165) is 42.0 Å². The summed E-state index contributed by atoms with van der Waals surface area (Å²) in [4.78, 5) is 14.8. The van der Waals surface area contributed by atoms with Crippen LogP contribution in [0.5, 0.6) is 5.75 Å². The van der Waals surface area contributed by atoms with Crippen molar-refractivity contribution in [1.29, 1.82) is 0 Å². The first kappa shape index (κ1) is 21.2. The third-order valence-electron chi connectivity index (χ3n) is 5.50. The van der Waals surface area contributed by atoms with E-state index in [0.29, 0.717) is 0 Å². The Balaban J connectivity index is 1.44. The number of carbonyl (C=O) groups excluding carboxylic acids is 1. The molecule has 0 radical (unpaired) electrons. The molecule has 1 heterocycles. The van der Waals surface area contributed by atoms with Crippen molar-refractivity contribution in [1.82, 2.24) is 10.2 Å². The van der Waals surface area contributed by atoms with E-state index in [2.05, 4.69) is 22.5 Å². The van der Waals surface area contributed by atoms with Crippen molar-refractivity contribution in [2.45, 2.75) is 45.1 Å². The quantitative estimate of drug-likeness (QED) is 0.651. The number of urea groups is 1. The molecular weight excluding hydrogens is 362 g/mol. The average Bonchev–Trinajstić information content (AvgIpc) is 2.75. The highest BCUT2D eigenvalue weighted by atomic mass is 16.5. The number of anilines is 1. The Morgan fingerprint density at radius 1 is 1.07 bits per heavy atom. The molecule has 1 atom stereocenters. The molecule has 0 spiro atoms. The third-order valence-corrected chi connectivity index (χ3v) is 5.50. The van der Waals surface area contributed by atoms with Crippen LogP contribution in [-0.2, 0) is 0 Å².